The van der Waals surface area contributed by atoms with Crippen molar-refractivity contribution >= 4 is 22.4 Å². The fourth-order valence-corrected chi connectivity index (χ4v) is 4.95. The summed E-state index contributed by atoms with van der Waals surface area (Å²) in [5.74, 6) is -0.290. The summed E-state index contributed by atoms with van der Waals surface area (Å²) in [4.78, 5) is 19.2. The Bertz CT molecular complexity index is 487. The topological polar surface area (TPSA) is 42.4 Å². The Morgan fingerprint density at radius 2 is 1.70 bits per heavy atom. The van der Waals surface area contributed by atoms with Crippen LogP contribution in [0.15, 0.2) is 5.38 Å². The molecule has 5 heteroatoms. The van der Waals surface area contributed by atoms with Gasteiger partial charge in [-0.15, -0.1) is 11.3 Å². The van der Waals surface area contributed by atoms with Crippen LogP contribution < -0.4 is 4.90 Å². The largest absolute Gasteiger partial charge is 0.461 e. The van der Waals surface area contributed by atoms with Gasteiger partial charge < -0.3 is 9.64 Å². The van der Waals surface area contributed by atoms with E-state index in [-0.39, 0.29) is 5.97 Å². The van der Waals surface area contributed by atoms with Crippen LogP contribution in [0.1, 0.15) is 81.6 Å². The standard InChI is InChI=1S/C18H28N2O2S/c1-2-22-17(21)16-13-23-18(19-16)20(14-9-5-3-6-10-14)15-11-7-4-8-12-15/h13-15H,2-12H2,1H3. The van der Waals surface area contributed by atoms with Crippen LogP contribution >= 0.6 is 11.3 Å². The Kier molecular flexibility index (Phi) is 5.92. The van der Waals surface area contributed by atoms with Crippen LogP contribution in [0.4, 0.5) is 5.13 Å². The van der Waals surface area contributed by atoms with Gasteiger partial charge in [-0.3, -0.25) is 0 Å². The summed E-state index contributed by atoms with van der Waals surface area (Å²) in [5, 5.41) is 2.90. The molecule has 2 saturated carbocycles. The molecule has 1 heterocycles. The fraction of sp³-hybridized carbons (Fsp3) is 0.778. The van der Waals surface area contributed by atoms with E-state index in [2.05, 4.69) is 9.88 Å². The maximum Gasteiger partial charge on any atom is 0.357 e. The van der Waals surface area contributed by atoms with Crippen LogP contribution in [-0.4, -0.2) is 29.6 Å². The van der Waals surface area contributed by atoms with Gasteiger partial charge in [-0.25, -0.2) is 9.78 Å². The average Bonchev–Trinajstić information content (AvgIpc) is 3.07. The molecule has 1 aromatic heterocycles. The van der Waals surface area contributed by atoms with Gasteiger partial charge in [0.2, 0.25) is 0 Å². The van der Waals surface area contributed by atoms with Crippen LogP contribution in [0.5, 0.6) is 0 Å². The monoisotopic (exact) mass is 336 g/mol. The highest BCUT2D eigenvalue weighted by Gasteiger charge is 2.31. The zero-order valence-electron chi connectivity index (χ0n) is 14.1. The Balaban J connectivity index is 1.80. The summed E-state index contributed by atoms with van der Waals surface area (Å²) in [7, 11) is 0. The maximum absolute atomic E-state index is 11.9. The predicted octanol–water partition coefficient (Wildman–Crippen LogP) is 4.79. The van der Waals surface area contributed by atoms with Gasteiger partial charge in [-0.1, -0.05) is 38.5 Å². The first-order valence-electron chi connectivity index (χ1n) is 9.20. The van der Waals surface area contributed by atoms with Gasteiger partial charge in [0.15, 0.2) is 10.8 Å². The van der Waals surface area contributed by atoms with Gasteiger partial charge in [0.1, 0.15) is 0 Å². The second-order valence-corrected chi connectivity index (χ2v) is 7.56. The molecule has 0 bridgehead atoms. The van der Waals surface area contributed by atoms with E-state index in [1.165, 1.54) is 64.2 Å². The molecular weight excluding hydrogens is 308 g/mol. The Hall–Kier alpha value is -1.10. The highest BCUT2D eigenvalue weighted by atomic mass is 32.1. The molecule has 2 aliphatic carbocycles. The highest BCUT2D eigenvalue weighted by Crippen LogP contribution is 2.35. The molecule has 3 rings (SSSR count). The van der Waals surface area contributed by atoms with Gasteiger partial charge in [-0.05, 0) is 32.6 Å². The molecule has 0 amide bonds. The molecule has 0 aromatic carbocycles. The molecule has 0 saturated heterocycles. The molecule has 0 radical (unpaired) electrons. The molecule has 0 atom stereocenters. The van der Waals surface area contributed by atoms with Crippen LogP contribution in [-0.2, 0) is 4.74 Å². The number of esters is 1. The summed E-state index contributed by atoms with van der Waals surface area (Å²) in [6.07, 6.45) is 13.1. The summed E-state index contributed by atoms with van der Waals surface area (Å²) in [5.41, 5.74) is 0.475. The van der Waals surface area contributed by atoms with Crippen LogP contribution in [0.3, 0.4) is 0 Å². The Labute approximate surface area is 143 Å². The van der Waals surface area contributed by atoms with Crippen LogP contribution in [0.25, 0.3) is 0 Å². The van der Waals surface area contributed by atoms with Crippen molar-refractivity contribution in [2.75, 3.05) is 11.5 Å². The third kappa shape index (κ3) is 4.06. The van der Waals surface area contributed by atoms with E-state index in [4.69, 9.17) is 4.74 Å². The number of aromatic nitrogens is 1. The summed E-state index contributed by atoms with van der Waals surface area (Å²) in [6, 6.07) is 1.21. The van der Waals surface area contributed by atoms with Crippen LogP contribution in [0.2, 0.25) is 0 Å². The second-order valence-electron chi connectivity index (χ2n) is 6.73. The molecule has 1 aromatic rings. The SMILES string of the molecule is CCOC(=O)c1csc(N(C2CCCCC2)C2CCCCC2)n1. The molecular formula is C18H28N2O2S. The van der Waals surface area contributed by atoms with Crippen molar-refractivity contribution in [1.29, 1.82) is 0 Å². The van der Waals surface area contributed by atoms with E-state index in [0.717, 1.165) is 5.13 Å². The first-order chi connectivity index (χ1) is 11.3. The molecule has 4 nitrogen and oxygen atoms in total. The summed E-state index contributed by atoms with van der Waals surface area (Å²) >= 11 is 1.61. The van der Waals surface area contributed by atoms with Crippen molar-refractivity contribution < 1.29 is 9.53 Å². The van der Waals surface area contributed by atoms with Crippen molar-refractivity contribution in [3.8, 4) is 0 Å². The fourth-order valence-electron chi connectivity index (χ4n) is 4.01. The Morgan fingerprint density at radius 1 is 1.13 bits per heavy atom. The minimum Gasteiger partial charge on any atom is -0.461 e. The third-order valence-electron chi connectivity index (χ3n) is 5.13. The lowest BCUT2D eigenvalue weighted by molar-refractivity contribution is 0.0520. The van der Waals surface area contributed by atoms with Gasteiger partial charge in [-0.2, -0.15) is 0 Å². The first kappa shape index (κ1) is 16.7. The van der Waals surface area contributed by atoms with E-state index in [9.17, 15) is 4.79 Å². The molecule has 0 unspecified atom stereocenters. The molecule has 23 heavy (non-hydrogen) atoms. The number of rotatable bonds is 5. The molecule has 2 aliphatic rings. The number of hydrogen-bond acceptors (Lipinski definition) is 5. The quantitative estimate of drug-likeness (QED) is 0.725. The average molecular weight is 337 g/mol. The minimum atomic E-state index is -0.290. The van der Waals surface area contributed by atoms with E-state index in [1.54, 1.807) is 11.3 Å². The van der Waals surface area contributed by atoms with Gasteiger partial charge in [0.25, 0.3) is 0 Å². The second kappa shape index (κ2) is 8.13. The minimum absolute atomic E-state index is 0.290. The first-order valence-corrected chi connectivity index (χ1v) is 10.1. The van der Waals surface area contributed by atoms with Gasteiger partial charge in [0, 0.05) is 17.5 Å². The van der Waals surface area contributed by atoms with Crippen molar-refractivity contribution in [1.82, 2.24) is 4.98 Å². The number of anilines is 1. The maximum atomic E-state index is 11.9. The number of carbonyl (C=O) groups is 1. The van der Waals surface area contributed by atoms with E-state index >= 15 is 0 Å². The lowest BCUT2D eigenvalue weighted by Gasteiger charge is -2.41. The lowest BCUT2D eigenvalue weighted by Crippen LogP contribution is -2.45. The zero-order valence-corrected chi connectivity index (χ0v) is 14.9. The normalized spacial score (nSPS) is 20.4. The number of hydrogen-bond donors (Lipinski definition) is 0. The van der Waals surface area contributed by atoms with Gasteiger partial charge in [0.05, 0.1) is 6.61 Å². The van der Waals surface area contributed by atoms with Crippen molar-refractivity contribution in [2.24, 2.45) is 0 Å². The highest BCUT2D eigenvalue weighted by molar-refractivity contribution is 7.13. The number of carbonyl (C=O) groups excluding carboxylic acids is 1. The number of nitrogens with zero attached hydrogens (tertiary/aromatic N) is 2. The van der Waals surface area contributed by atoms with E-state index in [0.29, 0.717) is 24.4 Å². The lowest BCUT2D eigenvalue weighted by atomic mass is 9.89. The van der Waals surface area contributed by atoms with Gasteiger partial charge >= 0.3 is 5.97 Å². The number of ether oxygens (including phenoxy) is 1. The van der Waals surface area contributed by atoms with Crippen molar-refractivity contribution in [3.63, 3.8) is 0 Å². The Morgan fingerprint density at radius 3 is 2.22 bits per heavy atom. The predicted molar refractivity (Wildman–Crippen MR) is 94.3 cm³/mol. The number of thiazole rings is 1. The van der Waals surface area contributed by atoms with Crippen molar-refractivity contribution in [2.45, 2.75) is 83.2 Å². The molecule has 0 aliphatic heterocycles. The molecule has 128 valence electrons. The van der Waals surface area contributed by atoms with E-state index in [1.807, 2.05) is 12.3 Å². The zero-order chi connectivity index (χ0) is 16.1. The molecule has 0 spiro atoms. The van der Waals surface area contributed by atoms with E-state index < -0.39 is 0 Å². The van der Waals surface area contributed by atoms with Crippen molar-refractivity contribution in [3.05, 3.63) is 11.1 Å². The third-order valence-corrected chi connectivity index (χ3v) is 5.99. The van der Waals surface area contributed by atoms with Crippen LogP contribution in [0, 0.1) is 0 Å². The summed E-state index contributed by atoms with van der Waals surface area (Å²) in [6.45, 7) is 2.24. The molecule has 0 N–H and O–H groups in total. The molecule has 2 fully saturated rings. The smallest absolute Gasteiger partial charge is 0.357 e. The summed E-state index contributed by atoms with van der Waals surface area (Å²) < 4.78 is 5.10.